The molecule has 0 radical (unpaired) electrons. The predicted octanol–water partition coefficient (Wildman–Crippen LogP) is 1.03. The molecule has 0 aliphatic carbocycles. The highest BCUT2D eigenvalue weighted by molar-refractivity contribution is 7.89. The zero-order valence-electron chi connectivity index (χ0n) is 15.8. The summed E-state index contributed by atoms with van der Waals surface area (Å²) in [5, 5.41) is 7.30. The van der Waals surface area contributed by atoms with Crippen LogP contribution in [0, 0.1) is 0 Å². The summed E-state index contributed by atoms with van der Waals surface area (Å²) < 4.78 is 52.8. The summed E-state index contributed by atoms with van der Waals surface area (Å²) in [6, 6.07) is 8.74. The van der Waals surface area contributed by atoms with Gasteiger partial charge in [-0.25, -0.2) is 31.1 Å². The Labute approximate surface area is 178 Å². The van der Waals surface area contributed by atoms with Crippen LogP contribution in [0.15, 0.2) is 52.3 Å². The monoisotopic (exact) mass is 475 g/mol. The summed E-state index contributed by atoms with van der Waals surface area (Å²) in [6.07, 6.45) is 0. The molecule has 30 heavy (non-hydrogen) atoms. The number of nitrogens with zero attached hydrogens (tertiary/aromatic N) is 1. The Balaban J connectivity index is 2.01. The van der Waals surface area contributed by atoms with Crippen LogP contribution < -0.4 is 10.5 Å². The number of benzene rings is 2. The molecule has 0 unspecified atom stereocenters. The smallest absolute Gasteiger partial charge is 0.338 e. The Kier molecular flexibility index (Phi) is 7.21. The van der Waals surface area contributed by atoms with Gasteiger partial charge in [0.25, 0.3) is 5.91 Å². The second-order valence-corrected chi connectivity index (χ2v) is 10.2. The van der Waals surface area contributed by atoms with E-state index >= 15 is 0 Å². The summed E-state index contributed by atoms with van der Waals surface area (Å²) in [5.41, 5.74) is 0.131. The normalized spacial score (nSPS) is 11.9. The molecule has 10 nitrogen and oxygen atoms in total. The van der Waals surface area contributed by atoms with E-state index in [0.717, 1.165) is 10.4 Å². The molecule has 1 amide bonds. The topological polar surface area (TPSA) is 153 Å². The summed E-state index contributed by atoms with van der Waals surface area (Å²) in [4.78, 5) is 23.6. The second-order valence-electron chi connectivity index (χ2n) is 6.13. The van der Waals surface area contributed by atoms with Crippen LogP contribution in [0.1, 0.15) is 10.4 Å². The first-order valence-corrected chi connectivity index (χ1v) is 11.5. The molecule has 2 rings (SSSR count). The van der Waals surface area contributed by atoms with Gasteiger partial charge in [-0.2, -0.15) is 0 Å². The van der Waals surface area contributed by atoms with Crippen LogP contribution in [-0.4, -0.2) is 53.7 Å². The Hall–Kier alpha value is -2.51. The summed E-state index contributed by atoms with van der Waals surface area (Å²) >= 11 is 5.74. The molecule has 0 aliphatic heterocycles. The number of halogens is 1. The number of carbonyl (C=O) groups excluding carboxylic acids is 2. The van der Waals surface area contributed by atoms with E-state index in [1.54, 1.807) is 0 Å². The molecule has 2 aromatic rings. The average molecular weight is 476 g/mol. The van der Waals surface area contributed by atoms with E-state index in [0.29, 0.717) is 0 Å². The fourth-order valence-corrected chi connectivity index (χ4v) is 4.15. The minimum Gasteiger partial charge on any atom is -0.452 e. The molecular formula is C17H18ClN3O7S2. The molecule has 13 heteroatoms. The Bertz CT molecular complexity index is 1180. The van der Waals surface area contributed by atoms with Gasteiger partial charge in [-0.05, 0) is 42.5 Å². The number of ether oxygens (including phenoxy) is 1. The van der Waals surface area contributed by atoms with Crippen LogP contribution in [0.25, 0.3) is 0 Å². The molecule has 0 fully saturated rings. The summed E-state index contributed by atoms with van der Waals surface area (Å²) in [5.74, 6) is -1.65. The van der Waals surface area contributed by atoms with Gasteiger partial charge in [-0.15, -0.1) is 0 Å². The highest BCUT2D eigenvalue weighted by Crippen LogP contribution is 2.22. The largest absolute Gasteiger partial charge is 0.452 e. The standard InChI is InChI=1S/C17H18ClN3O7S2/c1-21(2)30(26,27)13-6-4-12(5-7-13)20-16(22)10-28-17(23)11-3-8-14(18)15(9-11)29(19,24)25/h3-9H,10H2,1-2H3,(H,20,22)(H2,19,24,25). The molecule has 162 valence electrons. The quantitative estimate of drug-likeness (QED) is 0.567. The minimum absolute atomic E-state index is 0.0466. The third-order valence-corrected chi connectivity index (χ3v) is 6.95. The number of sulfonamides is 2. The van der Waals surface area contributed by atoms with Gasteiger partial charge in [0.2, 0.25) is 20.0 Å². The lowest BCUT2D eigenvalue weighted by Gasteiger charge is -2.12. The molecule has 0 saturated heterocycles. The van der Waals surface area contributed by atoms with E-state index in [4.69, 9.17) is 21.5 Å². The minimum atomic E-state index is -4.15. The van der Waals surface area contributed by atoms with E-state index in [1.807, 2.05) is 0 Å². The lowest BCUT2D eigenvalue weighted by Crippen LogP contribution is -2.23. The summed E-state index contributed by atoms with van der Waals surface area (Å²) in [6.45, 7) is -0.663. The maximum absolute atomic E-state index is 12.1. The molecule has 0 aliphatic rings. The van der Waals surface area contributed by atoms with Crippen molar-refractivity contribution in [3.63, 3.8) is 0 Å². The van der Waals surface area contributed by atoms with Crippen molar-refractivity contribution in [2.75, 3.05) is 26.0 Å². The van der Waals surface area contributed by atoms with E-state index in [-0.39, 0.29) is 21.2 Å². The van der Waals surface area contributed by atoms with Crippen molar-refractivity contribution < 1.29 is 31.2 Å². The van der Waals surface area contributed by atoms with Gasteiger partial charge in [0.1, 0.15) is 4.90 Å². The molecule has 0 spiro atoms. The molecular weight excluding hydrogens is 458 g/mol. The van der Waals surface area contributed by atoms with Crippen molar-refractivity contribution in [2.45, 2.75) is 9.79 Å². The number of rotatable bonds is 7. The second kappa shape index (κ2) is 9.10. The van der Waals surface area contributed by atoms with Gasteiger partial charge < -0.3 is 10.1 Å². The van der Waals surface area contributed by atoms with Crippen molar-refractivity contribution in [3.05, 3.63) is 53.1 Å². The number of carbonyl (C=O) groups is 2. The van der Waals surface area contributed by atoms with E-state index < -0.39 is 43.4 Å². The molecule has 3 N–H and O–H groups in total. The molecule has 0 heterocycles. The Morgan fingerprint density at radius 3 is 2.20 bits per heavy atom. The van der Waals surface area contributed by atoms with Gasteiger partial charge in [0.05, 0.1) is 15.5 Å². The van der Waals surface area contributed by atoms with Crippen LogP contribution in [-0.2, 0) is 29.6 Å². The lowest BCUT2D eigenvalue weighted by atomic mass is 10.2. The fourth-order valence-electron chi connectivity index (χ4n) is 2.18. The highest BCUT2D eigenvalue weighted by Gasteiger charge is 2.19. The number of hydrogen-bond donors (Lipinski definition) is 2. The number of hydrogen-bond acceptors (Lipinski definition) is 7. The molecule has 0 bridgehead atoms. The van der Waals surface area contributed by atoms with Crippen molar-refractivity contribution in [1.82, 2.24) is 4.31 Å². The van der Waals surface area contributed by atoms with Crippen molar-refractivity contribution in [1.29, 1.82) is 0 Å². The first-order chi connectivity index (χ1) is 13.8. The Morgan fingerprint density at radius 2 is 1.67 bits per heavy atom. The number of primary sulfonamides is 1. The summed E-state index contributed by atoms with van der Waals surface area (Å²) in [7, 11) is -4.96. The maximum atomic E-state index is 12.1. The Morgan fingerprint density at radius 1 is 1.07 bits per heavy atom. The third kappa shape index (κ3) is 5.77. The number of esters is 1. The van der Waals surface area contributed by atoms with Crippen molar-refractivity contribution in [3.8, 4) is 0 Å². The van der Waals surface area contributed by atoms with E-state index in [2.05, 4.69) is 5.32 Å². The van der Waals surface area contributed by atoms with Gasteiger partial charge in [0.15, 0.2) is 6.61 Å². The zero-order valence-corrected chi connectivity index (χ0v) is 18.2. The average Bonchev–Trinajstić information content (AvgIpc) is 2.66. The number of anilines is 1. The van der Waals surface area contributed by atoms with Crippen molar-refractivity contribution >= 4 is 49.2 Å². The third-order valence-electron chi connectivity index (χ3n) is 3.72. The van der Waals surface area contributed by atoms with Crippen LogP contribution in [0.2, 0.25) is 5.02 Å². The fraction of sp³-hybridized carbons (Fsp3) is 0.176. The molecule has 0 atom stereocenters. The highest BCUT2D eigenvalue weighted by atomic mass is 35.5. The van der Waals surface area contributed by atoms with Gasteiger partial charge >= 0.3 is 5.97 Å². The molecule has 2 aromatic carbocycles. The maximum Gasteiger partial charge on any atom is 0.338 e. The first-order valence-electron chi connectivity index (χ1n) is 8.14. The predicted molar refractivity (Wildman–Crippen MR) is 109 cm³/mol. The number of nitrogens with one attached hydrogen (secondary N) is 1. The van der Waals surface area contributed by atoms with Gasteiger partial charge in [-0.1, -0.05) is 11.6 Å². The van der Waals surface area contributed by atoms with E-state index in [1.165, 1.54) is 50.5 Å². The van der Waals surface area contributed by atoms with Crippen LogP contribution >= 0.6 is 11.6 Å². The molecule has 0 saturated carbocycles. The SMILES string of the molecule is CN(C)S(=O)(=O)c1ccc(NC(=O)COC(=O)c2ccc(Cl)c(S(N)(=O)=O)c2)cc1. The lowest BCUT2D eigenvalue weighted by molar-refractivity contribution is -0.119. The van der Waals surface area contributed by atoms with Crippen LogP contribution in [0.5, 0.6) is 0 Å². The van der Waals surface area contributed by atoms with E-state index in [9.17, 15) is 26.4 Å². The zero-order chi connectivity index (χ0) is 22.7. The van der Waals surface area contributed by atoms with Crippen LogP contribution in [0.3, 0.4) is 0 Å². The van der Waals surface area contributed by atoms with Crippen LogP contribution in [0.4, 0.5) is 5.69 Å². The van der Waals surface area contributed by atoms with Gasteiger partial charge in [-0.3, -0.25) is 4.79 Å². The molecule has 0 aromatic heterocycles. The van der Waals surface area contributed by atoms with Gasteiger partial charge in [0, 0.05) is 19.8 Å². The van der Waals surface area contributed by atoms with Crippen molar-refractivity contribution in [2.24, 2.45) is 5.14 Å². The first kappa shape index (κ1) is 23.8. The number of nitrogens with two attached hydrogens (primary N) is 1. The number of amides is 1.